The fourth-order valence-electron chi connectivity index (χ4n) is 2.35. The van der Waals surface area contributed by atoms with Gasteiger partial charge in [0, 0.05) is 13.7 Å². The largest absolute Gasteiger partial charge is 0.382 e. The van der Waals surface area contributed by atoms with Gasteiger partial charge in [0.05, 0.1) is 18.8 Å². The molecule has 3 nitrogen and oxygen atoms in total. The lowest BCUT2D eigenvalue weighted by atomic mass is 9.79. The van der Waals surface area contributed by atoms with E-state index in [1.165, 1.54) is 25.7 Å². The topological polar surface area (TPSA) is 30.5 Å². The summed E-state index contributed by atoms with van der Waals surface area (Å²) < 4.78 is 11.1. The van der Waals surface area contributed by atoms with E-state index in [0.29, 0.717) is 6.61 Å². The second-order valence-corrected chi connectivity index (χ2v) is 4.99. The SMILES string of the molecule is CCNCC1(OCCOC)CCC(C)CC1. The van der Waals surface area contributed by atoms with Crippen molar-refractivity contribution in [3.63, 3.8) is 0 Å². The molecule has 0 aromatic heterocycles. The monoisotopic (exact) mass is 229 g/mol. The van der Waals surface area contributed by atoms with Crippen LogP contribution in [0.3, 0.4) is 0 Å². The van der Waals surface area contributed by atoms with E-state index in [1.54, 1.807) is 7.11 Å². The van der Waals surface area contributed by atoms with Crippen molar-refractivity contribution in [1.82, 2.24) is 5.32 Å². The van der Waals surface area contributed by atoms with Crippen molar-refractivity contribution in [2.24, 2.45) is 5.92 Å². The molecular weight excluding hydrogens is 202 g/mol. The molecule has 0 radical (unpaired) electrons. The molecule has 0 aliphatic heterocycles. The Hall–Kier alpha value is -0.120. The summed E-state index contributed by atoms with van der Waals surface area (Å²) in [5.41, 5.74) is 0.0705. The number of rotatable bonds is 7. The van der Waals surface area contributed by atoms with Crippen LogP contribution in [0.2, 0.25) is 0 Å². The second kappa shape index (κ2) is 7.25. The van der Waals surface area contributed by atoms with Gasteiger partial charge in [0.1, 0.15) is 0 Å². The molecule has 16 heavy (non-hydrogen) atoms. The second-order valence-electron chi connectivity index (χ2n) is 4.99. The normalized spacial score (nSPS) is 30.6. The van der Waals surface area contributed by atoms with Crippen molar-refractivity contribution < 1.29 is 9.47 Å². The van der Waals surface area contributed by atoms with Crippen molar-refractivity contribution in [1.29, 1.82) is 0 Å². The van der Waals surface area contributed by atoms with E-state index in [1.807, 2.05) is 0 Å². The van der Waals surface area contributed by atoms with Gasteiger partial charge < -0.3 is 14.8 Å². The summed E-state index contributed by atoms with van der Waals surface area (Å²) in [5.74, 6) is 0.862. The van der Waals surface area contributed by atoms with Gasteiger partial charge >= 0.3 is 0 Å². The maximum atomic E-state index is 6.07. The minimum atomic E-state index is 0.0705. The van der Waals surface area contributed by atoms with Crippen LogP contribution in [0.25, 0.3) is 0 Å². The van der Waals surface area contributed by atoms with Gasteiger partial charge in [-0.1, -0.05) is 13.8 Å². The van der Waals surface area contributed by atoms with E-state index in [-0.39, 0.29) is 5.60 Å². The summed E-state index contributed by atoms with van der Waals surface area (Å²) in [5, 5.41) is 3.43. The quantitative estimate of drug-likeness (QED) is 0.679. The molecule has 96 valence electrons. The summed E-state index contributed by atoms with van der Waals surface area (Å²) in [6.45, 7) is 7.91. The first-order valence-corrected chi connectivity index (χ1v) is 6.56. The molecule has 0 amide bonds. The zero-order chi connectivity index (χ0) is 11.9. The fourth-order valence-corrected chi connectivity index (χ4v) is 2.35. The molecule has 0 spiro atoms. The highest BCUT2D eigenvalue weighted by molar-refractivity contribution is 4.88. The van der Waals surface area contributed by atoms with Crippen LogP contribution < -0.4 is 5.32 Å². The lowest BCUT2D eigenvalue weighted by molar-refractivity contribution is -0.0878. The third kappa shape index (κ3) is 4.40. The molecule has 0 unspecified atom stereocenters. The number of likely N-dealkylation sites (N-methyl/N-ethyl adjacent to an activating group) is 1. The molecule has 0 heterocycles. The summed E-state index contributed by atoms with van der Waals surface area (Å²) in [6, 6.07) is 0. The van der Waals surface area contributed by atoms with Gasteiger partial charge in [0.25, 0.3) is 0 Å². The number of nitrogens with one attached hydrogen (secondary N) is 1. The molecule has 0 saturated heterocycles. The van der Waals surface area contributed by atoms with Gasteiger partial charge in [-0.3, -0.25) is 0 Å². The third-order valence-electron chi connectivity index (χ3n) is 3.58. The maximum absolute atomic E-state index is 6.07. The first kappa shape index (κ1) is 13.9. The highest BCUT2D eigenvalue weighted by Gasteiger charge is 2.34. The Balaban J connectivity index is 2.40. The van der Waals surface area contributed by atoms with E-state index in [2.05, 4.69) is 19.2 Å². The lowest BCUT2D eigenvalue weighted by Crippen LogP contribution is -2.46. The molecule has 0 atom stereocenters. The Morgan fingerprint density at radius 2 is 1.94 bits per heavy atom. The van der Waals surface area contributed by atoms with Crippen molar-refractivity contribution in [3.8, 4) is 0 Å². The first-order chi connectivity index (χ1) is 7.72. The number of hydrogen-bond acceptors (Lipinski definition) is 3. The zero-order valence-electron chi connectivity index (χ0n) is 11.1. The highest BCUT2D eigenvalue weighted by Crippen LogP contribution is 2.34. The Kier molecular flexibility index (Phi) is 6.32. The predicted octanol–water partition coefficient (Wildman–Crippen LogP) is 2.21. The van der Waals surface area contributed by atoms with Crippen LogP contribution in [0.4, 0.5) is 0 Å². The molecule has 1 aliphatic rings. The summed E-state index contributed by atoms with van der Waals surface area (Å²) in [4.78, 5) is 0. The lowest BCUT2D eigenvalue weighted by Gasteiger charge is -2.39. The van der Waals surface area contributed by atoms with Gasteiger partial charge in [-0.05, 0) is 38.1 Å². The zero-order valence-corrected chi connectivity index (χ0v) is 11.1. The van der Waals surface area contributed by atoms with Crippen LogP contribution >= 0.6 is 0 Å². The van der Waals surface area contributed by atoms with Crippen LogP contribution in [0.15, 0.2) is 0 Å². The molecule has 1 saturated carbocycles. The molecule has 3 heteroatoms. The Morgan fingerprint density at radius 1 is 1.25 bits per heavy atom. The molecule has 1 N–H and O–H groups in total. The predicted molar refractivity (Wildman–Crippen MR) is 66.7 cm³/mol. The standard InChI is InChI=1S/C13H27NO2/c1-4-14-11-13(16-10-9-15-3)7-5-12(2)6-8-13/h12,14H,4-11H2,1-3H3. The maximum Gasteiger partial charge on any atom is 0.0807 e. The van der Waals surface area contributed by atoms with Crippen LogP contribution in [-0.2, 0) is 9.47 Å². The van der Waals surface area contributed by atoms with Crippen molar-refractivity contribution in [2.75, 3.05) is 33.4 Å². The van der Waals surface area contributed by atoms with Gasteiger partial charge in [-0.2, -0.15) is 0 Å². The van der Waals surface area contributed by atoms with Gasteiger partial charge in [-0.15, -0.1) is 0 Å². The minimum absolute atomic E-state index is 0.0705. The van der Waals surface area contributed by atoms with Gasteiger partial charge in [0.2, 0.25) is 0 Å². The highest BCUT2D eigenvalue weighted by atomic mass is 16.5. The Labute approximate surface area is 99.9 Å². The molecular formula is C13H27NO2. The number of hydrogen-bond donors (Lipinski definition) is 1. The van der Waals surface area contributed by atoms with Gasteiger partial charge in [0.15, 0.2) is 0 Å². The van der Waals surface area contributed by atoms with Crippen LogP contribution in [0, 0.1) is 5.92 Å². The Bertz CT molecular complexity index is 171. The average Bonchev–Trinajstić information content (AvgIpc) is 2.31. The number of ether oxygens (including phenoxy) is 2. The average molecular weight is 229 g/mol. The van der Waals surface area contributed by atoms with Crippen molar-refractivity contribution >= 4 is 0 Å². The molecule has 0 aromatic rings. The van der Waals surface area contributed by atoms with Crippen molar-refractivity contribution in [3.05, 3.63) is 0 Å². The summed E-state index contributed by atoms with van der Waals surface area (Å²) >= 11 is 0. The van der Waals surface area contributed by atoms with E-state index in [0.717, 1.165) is 25.6 Å². The van der Waals surface area contributed by atoms with Crippen LogP contribution in [0.1, 0.15) is 39.5 Å². The molecule has 1 aliphatic carbocycles. The first-order valence-electron chi connectivity index (χ1n) is 6.56. The molecule has 1 fully saturated rings. The van der Waals surface area contributed by atoms with E-state index in [9.17, 15) is 0 Å². The van der Waals surface area contributed by atoms with Crippen LogP contribution in [-0.4, -0.2) is 39.0 Å². The molecule has 0 bridgehead atoms. The van der Waals surface area contributed by atoms with E-state index < -0.39 is 0 Å². The fraction of sp³-hybridized carbons (Fsp3) is 1.00. The minimum Gasteiger partial charge on any atom is -0.382 e. The molecule has 1 rings (SSSR count). The smallest absolute Gasteiger partial charge is 0.0807 e. The van der Waals surface area contributed by atoms with E-state index >= 15 is 0 Å². The summed E-state index contributed by atoms with van der Waals surface area (Å²) in [7, 11) is 1.73. The van der Waals surface area contributed by atoms with E-state index in [4.69, 9.17) is 9.47 Å². The van der Waals surface area contributed by atoms with Gasteiger partial charge in [-0.25, -0.2) is 0 Å². The molecule has 0 aromatic carbocycles. The third-order valence-corrected chi connectivity index (χ3v) is 3.58. The number of methoxy groups -OCH3 is 1. The van der Waals surface area contributed by atoms with Crippen LogP contribution in [0.5, 0.6) is 0 Å². The summed E-state index contributed by atoms with van der Waals surface area (Å²) in [6.07, 6.45) is 4.95. The Morgan fingerprint density at radius 3 is 2.50 bits per heavy atom. The van der Waals surface area contributed by atoms with Crippen molar-refractivity contribution in [2.45, 2.75) is 45.1 Å².